The van der Waals surface area contributed by atoms with Gasteiger partial charge in [-0.2, -0.15) is 4.57 Å². The molecule has 2 aromatic rings. The monoisotopic (exact) mass is 514 g/mol. The molecule has 188 valence electrons. The van der Waals surface area contributed by atoms with Gasteiger partial charge in [-0.3, -0.25) is 24.6 Å². The van der Waals surface area contributed by atoms with Gasteiger partial charge >= 0.3 is 5.97 Å². The van der Waals surface area contributed by atoms with Gasteiger partial charge in [0.25, 0.3) is 18.3 Å². The zero-order valence-corrected chi connectivity index (χ0v) is 19.9. The molecule has 1 fully saturated rings. The fourth-order valence-electron chi connectivity index (χ4n) is 3.77. The zero-order chi connectivity index (χ0) is 25.8. The van der Waals surface area contributed by atoms with E-state index >= 15 is 0 Å². The number of carbonyl (C=O) groups is 3. The highest BCUT2D eigenvalue weighted by atomic mass is 32.2. The van der Waals surface area contributed by atoms with E-state index in [0.29, 0.717) is 17.0 Å². The molecule has 1 aromatic heterocycles. The Bertz CT molecular complexity index is 1220. The minimum absolute atomic E-state index is 0.0187. The number of non-ortho nitro benzene ring substituents is 1. The number of nitro benzene ring substituents is 1. The second-order valence-electron chi connectivity index (χ2n) is 8.05. The third-order valence-electron chi connectivity index (χ3n) is 5.56. The van der Waals surface area contributed by atoms with Crippen LogP contribution in [-0.2, 0) is 37.2 Å². The highest BCUT2D eigenvalue weighted by Gasteiger charge is 2.52. The SMILES string of the molecule is CC(=O)OCC1=C(C(=O)[O-])N2C(=O)[C@@H](Nc3cc[n+](COCc4ccc([N+](=O)[O-])cc4)cc3)[C@H]2SC1. The van der Waals surface area contributed by atoms with Crippen molar-refractivity contribution in [1.82, 2.24) is 4.90 Å². The Hall–Kier alpha value is -3.97. The molecule has 0 saturated carbocycles. The Morgan fingerprint density at radius 3 is 2.50 bits per heavy atom. The fourth-order valence-corrected chi connectivity index (χ4v) is 5.10. The lowest BCUT2D eigenvalue weighted by molar-refractivity contribution is -0.733. The number of pyridine rings is 1. The van der Waals surface area contributed by atoms with Crippen molar-refractivity contribution < 1.29 is 38.5 Å². The zero-order valence-electron chi connectivity index (χ0n) is 19.1. The van der Waals surface area contributed by atoms with Crippen molar-refractivity contribution >= 4 is 41.0 Å². The number of thioether (sulfide) groups is 1. The van der Waals surface area contributed by atoms with Gasteiger partial charge in [0.05, 0.1) is 23.2 Å². The molecule has 2 aliphatic heterocycles. The van der Waals surface area contributed by atoms with E-state index in [0.717, 1.165) is 5.56 Å². The lowest BCUT2D eigenvalue weighted by atomic mass is 10.0. The number of nitrogens with one attached hydrogen (secondary N) is 1. The summed E-state index contributed by atoms with van der Waals surface area (Å²) in [6, 6.07) is 9.03. The van der Waals surface area contributed by atoms with Gasteiger partial charge < -0.3 is 24.7 Å². The standard InChI is InChI=1S/C23H22N4O8S/c1-14(28)35-11-16-12-36-22-19(21(29)26(22)20(16)23(30)31)24-17-6-8-25(9-7-17)13-34-10-15-2-4-18(5-3-15)27(32)33/h2-9,19,22H,10-13H2,1H3,(H,30,31)/t19-,22-/m1/s1. The number of anilines is 1. The summed E-state index contributed by atoms with van der Waals surface area (Å²) in [7, 11) is 0. The quantitative estimate of drug-likeness (QED) is 0.154. The topological polar surface area (TPSA) is 155 Å². The van der Waals surface area contributed by atoms with Gasteiger partial charge in [0.2, 0.25) is 0 Å². The van der Waals surface area contributed by atoms with Crippen molar-refractivity contribution in [2.45, 2.75) is 31.7 Å². The number of β-lactam (4-membered cyclic amide) rings is 1. The normalized spacial score (nSPS) is 18.8. The van der Waals surface area contributed by atoms with Crippen molar-refractivity contribution in [2.24, 2.45) is 0 Å². The number of benzene rings is 1. The minimum atomic E-state index is -1.48. The summed E-state index contributed by atoms with van der Waals surface area (Å²) < 4.78 is 12.3. The van der Waals surface area contributed by atoms with Crippen LogP contribution >= 0.6 is 11.8 Å². The third kappa shape index (κ3) is 5.47. The first-order chi connectivity index (χ1) is 17.2. The summed E-state index contributed by atoms with van der Waals surface area (Å²) in [6.45, 7) is 1.55. The summed E-state index contributed by atoms with van der Waals surface area (Å²) >= 11 is 1.38. The Labute approximate surface area is 209 Å². The smallest absolute Gasteiger partial charge is 0.302 e. The number of ether oxygens (including phenoxy) is 2. The Morgan fingerprint density at radius 2 is 1.89 bits per heavy atom. The minimum Gasteiger partial charge on any atom is -0.543 e. The number of amides is 1. The van der Waals surface area contributed by atoms with Crippen LogP contribution < -0.4 is 15.0 Å². The second kappa shape index (κ2) is 10.7. The highest BCUT2D eigenvalue weighted by Crippen LogP contribution is 2.41. The van der Waals surface area contributed by atoms with E-state index in [4.69, 9.17) is 9.47 Å². The van der Waals surface area contributed by atoms with Gasteiger partial charge in [0.1, 0.15) is 18.0 Å². The molecule has 13 heteroatoms. The van der Waals surface area contributed by atoms with Crippen LogP contribution in [0.3, 0.4) is 0 Å². The van der Waals surface area contributed by atoms with Crippen molar-refractivity contribution in [2.75, 3.05) is 17.7 Å². The molecule has 0 aliphatic carbocycles. The number of nitro groups is 1. The number of carboxylic acids is 1. The van der Waals surface area contributed by atoms with Crippen LogP contribution in [-0.4, -0.2) is 51.4 Å². The lowest BCUT2D eigenvalue weighted by Crippen LogP contribution is -2.68. The van der Waals surface area contributed by atoms with Crippen LogP contribution in [0.25, 0.3) is 0 Å². The summed E-state index contributed by atoms with van der Waals surface area (Å²) in [4.78, 5) is 47.0. The van der Waals surface area contributed by atoms with Crippen molar-refractivity contribution in [3.63, 3.8) is 0 Å². The van der Waals surface area contributed by atoms with E-state index in [1.165, 1.54) is 35.7 Å². The van der Waals surface area contributed by atoms with E-state index in [2.05, 4.69) is 5.32 Å². The van der Waals surface area contributed by atoms with Gasteiger partial charge in [0, 0.05) is 48.2 Å². The molecule has 0 radical (unpaired) electrons. The Kier molecular flexibility index (Phi) is 7.50. The fraction of sp³-hybridized carbons (Fsp3) is 0.304. The van der Waals surface area contributed by atoms with E-state index in [1.54, 1.807) is 41.2 Å². The molecule has 1 saturated heterocycles. The highest BCUT2D eigenvalue weighted by molar-refractivity contribution is 8.00. The summed E-state index contributed by atoms with van der Waals surface area (Å²) in [5.74, 6) is -2.14. The van der Waals surface area contributed by atoms with Gasteiger partial charge in [0.15, 0.2) is 12.4 Å². The van der Waals surface area contributed by atoms with Gasteiger partial charge in [-0.25, -0.2) is 0 Å². The predicted molar refractivity (Wildman–Crippen MR) is 124 cm³/mol. The maximum Gasteiger partial charge on any atom is 0.302 e. The average molecular weight is 515 g/mol. The molecule has 2 aliphatic rings. The molecule has 1 aromatic carbocycles. The van der Waals surface area contributed by atoms with E-state index in [9.17, 15) is 29.6 Å². The first-order valence-electron chi connectivity index (χ1n) is 10.8. The number of carbonyl (C=O) groups excluding carboxylic acids is 3. The van der Waals surface area contributed by atoms with Crippen LogP contribution in [0.15, 0.2) is 60.1 Å². The van der Waals surface area contributed by atoms with E-state index in [-0.39, 0.29) is 31.3 Å². The first kappa shape index (κ1) is 25.1. The van der Waals surface area contributed by atoms with Crippen molar-refractivity contribution in [3.05, 3.63) is 75.7 Å². The third-order valence-corrected chi connectivity index (χ3v) is 6.90. The number of carboxylic acid groups (broad SMARTS) is 1. The Morgan fingerprint density at radius 1 is 1.19 bits per heavy atom. The number of hydrogen-bond acceptors (Lipinski definition) is 10. The number of rotatable bonds is 10. The molecule has 12 nitrogen and oxygen atoms in total. The molecule has 2 atom stereocenters. The van der Waals surface area contributed by atoms with Crippen LogP contribution in [0, 0.1) is 10.1 Å². The lowest BCUT2D eigenvalue weighted by Gasteiger charge is -2.51. The maximum absolute atomic E-state index is 12.8. The summed E-state index contributed by atoms with van der Waals surface area (Å²) in [6.07, 6.45) is 3.52. The van der Waals surface area contributed by atoms with Gasteiger partial charge in [-0.05, 0) is 17.7 Å². The molecule has 3 heterocycles. The molecule has 0 spiro atoms. The van der Waals surface area contributed by atoms with Crippen molar-refractivity contribution in [3.8, 4) is 0 Å². The van der Waals surface area contributed by atoms with E-state index < -0.39 is 34.2 Å². The number of fused-ring (bicyclic) bond motifs is 1. The van der Waals surface area contributed by atoms with Gasteiger partial charge in [-0.1, -0.05) is 0 Å². The van der Waals surface area contributed by atoms with Gasteiger partial charge in [-0.15, -0.1) is 11.8 Å². The predicted octanol–water partition coefficient (Wildman–Crippen LogP) is 0.319. The first-order valence-corrected chi connectivity index (χ1v) is 11.9. The Balaban J connectivity index is 1.31. The van der Waals surface area contributed by atoms with Crippen LogP contribution in [0.4, 0.5) is 11.4 Å². The second-order valence-corrected chi connectivity index (χ2v) is 9.16. The molecule has 4 rings (SSSR count). The molecule has 0 bridgehead atoms. The average Bonchev–Trinajstić information content (AvgIpc) is 2.86. The largest absolute Gasteiger partial charge is 0.543 e. The van der Waals surface area contributed by atoms with Crippen molar-refractivity contribution in [1.29, 1.82) is 0 Å². The molecular weight excluding hydrogens is 492 g/mol. The number of aliphatic carboxylic acids is 1. The summed E-state index contributed by atoms with van der Waals surface area (Å²) in [5.41, 5.74) is 1.58. The number of hydrogen-bond donors (Lipinski definition) is 1. The van der Waals surface area contributed by atoms with Crippen LogP contribution in [0.5, 0.6) is 0 Å². The molecule has 0 unspecified atom stereocenters. The molecule has 1 N–H and O–H groups in total. The number of aromatic nitrogens is 1. The number of nitrogens with zero attached hydrogens (tertiary/aromatic N) is 3. The molecular formula is C23H22N4O8S. The molecule has 36 heavy (non-hydrogen) atoms. The van der Waals surface area contributed by atoms with Crippen LogP contribution in [0.1, 0.15) is 12.5 Å². The number of esters is 1. The van der Waals surface area contributed by atoms with E-state index in [1.807, 2.05) is 0 Å². The molecule has 1 amide bonds. The van der Waals surface area contributed by atoms with Crippen LogP contribution in [0.2, 0.25) is 0 Å². The summed E-state index contributed by atoms with van der Waals surface area (Å²) in [5, 5.41) is 25.1. The maximum atomic E-state index is 12.8.